The molecule has 4 aromatic carbocycles. The summed E-state index contributed by atoms with van der Waals surface area (Å²) in [5, 5.41) is 46.6. The van der Waals surface area contributed by atoms with Crippen molar-refractivity contribution in [3.05, 3.63) is 58.7 Å². The van der Waals surface area contributed by atoms with Crippen molar-refractivity contribution in [2.75, 3.05) is 0 Å². The third kappa shape index (κ3) is 6.76. The van der Waals surface area contributed by atoms with E-state index in [4.69, 9.17) is 0 Å². The number of aliphatic hydroxyl groups is 4. The van der Waals surface area contributed by atoms with Gasteiger partial charge in [-0.25, -0.2) is 0 Å². The molecule has 0 aliphatic carbocycles. The average Bonchev–Trinajstić information content (AvgIpc) is 2.81. The van der Waals surface area contributed by atoms with Gasteiger partial charge in [0.25, 0.3) is 0 Å². The molecule has 4 N–H and O–H groups in total. The normalized spacial score (nSPS) is 12.2. The summed E-state index contributed by atoms with van der Waals surface area (Å²) in [6.45, 7) is 13.0. The van der Waals surface area contributed by atoms with E-state index in [1.54, 1.807) is 55.4 Å². The van der Waals surface area contributed by atoms with E-state index in [0.29, 0.717) is 22.3 Å². The summed E-state index contributed by atoms with van der Waals surface area (Å²) in [6, 6.07) is 11.7. The molecule has 0 spiro atoms. The first-order valence-electron chi connectivity index (χ1n) is 13.1. The molecule has 40 heavy (non-hydrogen) atoms. The van der Waals surface area contributed by atoms with Crippen LogP contribution in [-0.2, 0) is 0 Å². The second-order valence-electron chi connectivity index (χ2n) is 12.3. The van der Waals surface area contributed by atoms with E-state index in [2.05, 4.69) is 47.4 Å². The topological polar surface area (TPSA) is 80.9 Å². The number of hydrogen-bond donors (Lipinski definition) is 4. The summed E-state index contributed by atoms with van der Waals surface area (Å²) in [7, 11) is 0. The minimum atomic E-state index is -1.19. The number of hydrogen-bond acceptors (Lipinski definition) is 4. The van der Waals surface area contributed by atoms with Crippen LogP contribution in [0, 0.1) is 47.4 Å². The molecule has 0 aromatic heterocycles. The van der Waals surface area contributed by atoms with E-state index in [0.717, 1.165) is 32.3 Å². The van der Waals surface area contributed by atoms with Gasteiger partial charge in [0, 0.05) is 22.3 Å². The zero-order valence-corrected chi connectivity index (χ0v) is 24.3. The Hall–Kier alpha value is -4.00. The van der Waals surface area contributed by atoms with Crippen LogP contribution in [0.25, 0.3) is 32.3 Å². The van der Waals surface area contributed by atoms with Gasteiger partial charge in [-0.05, 0) is 99.8 Å². The Morgan fingerprint density at radius 3 is 0.775 bits per heavy atom. The lowest BCUT2D eigenvalue weighted by Crippen LogP contribution is -2.15. The molecule has 4 aromatic rings. The van der Waals surface area contributed by atoms with E-state index in [9.17, 15) is 20.4 Å². The Morgan fingerprint density at radius 2 is 0.600 bits per heavy atom. The highest BCUT2D eigenvalue weighted by Gasteiger charge is 2.19. The molecule has 0 heterocycles. The van der Waals surface area contributed by atoms with Crippen molar-refractivity contribution in [1.29, 1.82) is 0 Å². The smallest absolute Gasteiger partial charge is 0.120 e. The second-order valence-corrected chi connectivity index (χ2v) is 12.3. The molecule has 202 valence electrons. The first kappa shape index (κ1) is 29.0. The molecule has 4 heteroatoms. The van der Waals surface area contributed by atoms with Gasteiger partial charge in [-0.2, -0.15) is 0 Å². The Kier molecular flexibility index (Phi) is 7.16. The first-order valence-corrected chi connectivity index (χ1v) is 13.1. The highest BCUT2D eigenvalue weighted by atomic mass is 16.3. The minimum absolute atomic E-state index is 0.696. The van der Waals surface area contributed by atoms with Crippen LogP contribution < -0.4 is 0 Å². The van der Waals surface area contributed by atoms with Crippen LogP contribution in [0.2, 0.25) is 0 Å². The molecule has 0 amide bonds. The van der Waals surface area contributed by atoms with Gasteiger partial charge in [-0.3, -0.25) is 0 Å². The van der Waals surface area contributed by atoms with Crippen molar-refractivity contribution in [2.45, 2.75) is 77.8 Å². The van der Waals surface area contributed by atoms with Crippen molar-refractivity contribution >= 4 is 32.3 Å². The Labute approximate surface area is 236 Å². The van der Waals surface area contributed by atoms with E-state index in [1.165, 1.54) is 0 Å². The highest BCUT2D eigenvalue weighted by molar-refractivity contribution is 6.26. The van der Waals surface area contributed by atoms with Gasteiger partial charge < -0.3 is 20.4 Å². The van der Waals surface area contributed by atoms with Crippen molar-refractivity contribution in [2.24, 2.45) is 0 Å². The molecular formula is C36H34O4. The molecule has 0 radical (unpaired) electrons. The maximum atomic E-state index is 10.3. The molecule has 4 rings (SSSR count). The zero-order valence-electron chi connectivity index (χ0n) is 24.3. The van der Waals surface area contributed by atoms with Crippen LogP contribution in [0.3, 0.4) is 0 Å². The van der Waals surface area contributed by atoms with E-state index in [1.807, 2.05) is 36.4 Å². The summed E-state index contributed by atoms with van der Waals surface area (Å²) in [5.74, 6) is 24.2. The second kappa shape index (κ2) is 9.88. The van der Waals surface area contributed by atoms with E-state index in [-0.39, 0.29) is 0 Å². The Morgan fingerprint density at radius 1 is 0.400 bits per heavy atom. The van der Waals surface area contributed by atoms with Gasteiger partial charge in [-0.15, -0.1) is 0 Å². The van der Waals surface area contributed by atoms with Gasteiger partial charge in [0.1, 0.15) is 22.4 Å². The summed E-state index contributed by atoms with van der Waals surface area (Å²) < 4.78 is 0. The molecule has 0 bridgehead atoms. The monoisotopic (exact) mass is 530 g/mol. The van der Waals surface area contributed by atoms with Crippen LogP contribution in [-0.4, -0.2) is 42.8 Å². The fraction of sp³-hybridized carbons (Fsp3) is 0.333. The molecule has 0 saturated heterocycles. The average molecular weight is 531 g/mol. The molecule has 0 fully saturated rings. The van der Waals surface area contributed by atoms with Crippen LogP contribution in [0.15, 0.2) is 36.4 Å². The molecule has 0 atom stereocenters. The zero-order chi connectivity index (χ0) is 29.7. The van der Waals surface area contributed by atoms with E-state index < -0.39 is 22.4 Å². The quantitative estimate of drug-likeness (QED) is 0.189. The van der Waals surface area contributed by atoms with Gasteiger partial charge in [-0.1, -0.05) is 71.6 Å². The molecule has 0 unspecified atom stereocenters. The van der Waals surface area contributed by atoms with Gasteiger partial charge in [0.15, 0.2) is 0 Å². The van der Waals surface area contributed by atoms with Gasteiger partial charge in [0.05, 0.1) is 0 Å². The van der Waals surface area contributed by atoms with E-state index >= 15 is 0 Å². The molecule has 4 nitrogen and oxygen atoms in total. The van der Waals surface area contributed by atoms with Crippen LogP contribution >= 0.6 is 0 Å². The lowest BCUT2D eigenvalue weighted by Gasteiger charge is -2.17. The third-order valence-electron chi connectivity index (χ3n) is 5.91. The predicted molar refractivity (Wildman–Crippen MR) is 163 cm³/mol. The lowest BCUT2D eigenvalue weighted by atomic mass is 9.86. The fourth-order valence-electron chi connectivity index (χ4n) is 4.29. The Bertz CT molecular complexity index is 1610. The molecule has 0 aliphatic heterocycles. The molecule has 0 aliphatic rings. The van der Waals surface area contributed by atoms with Crippen LogP contribution in [0.1, 0.15) is 77.6 Å². The Balaban J connectivity index is 2.25. The summed E-state index contributed by atoms with van der Waals surface area (Å²) in [6.07, 6.45) is 0. The van der Waals surface area contributed by atoms with Crippen molar-refractivity contribution in [3.63, 3.8) is 0 Å². The summed E-state index contributed by atoms with van der Waals surface area (Å²) in [5.41, 5.74) is -1.99. The number of rotatable bonds is 0. The largest absolute Gasteiger partial charge is 0.378 e. The molecule has 0 saturated carbocycles. The predicted octanol–water partition coefficient (Wildman–Crippen LogP) is 5.07. The van der Waals surface area contributed by atoms with Crippen LogP contribution in [0.5, 0.6) is 0 Å². The fourth-order valence-corrected chi connectivity index (χ4v) is 4.29. The molecular weight excluding hydrogens is 496 g/mol. The van der Waals surface area contributed by atoms with Crippen molar-refractivity contribution in [3.8, 4) is 47.4 Å². The third-order valence-corrected chi connectivity index (χ3v) is 5.91. The van der Waals surface area contributed by atoms with Crippen molar-refractivity contribution in [1.82, 2.24) is 0 Å². The minimum Gasteiger partial charge on any atom is -0.378 e. The maximum Gasteiger partial charge on any atom is 0.120 e. The highest BCUT2D eigenvalue weighted by Crippen LogP contribution is 2.40. The van der Waals surface area contributed by atoms with Gasteiger partial charge >= 0.3 is 0 Å². The lowest BCUT2D eigenvalue weighted by molar-refractivity contribution is 0.143. The van der Waals surface area contributed by atoms with Crippen molar-refractivity contribution < 1.29 is 20.4 Å². The number of benzene rings is 4. The summed E-state index contributed by atoms with van der Waals surface area (Å²) >= 11 is 0. The SMILES string of the molecule is CC(C)(O)C#Cc1cc(C#CC(C)(C)O)c2ccc3c(C#CC(C)(C)O)cc(C#CC(C)(C)O)c4ccc1c2c43. The van der Waals surface area contributed by atoms with Crippen LogP contribution in [0.4, 0.5) is 0 Å². The first-order chi connectivity index (χ1) is 18.3. The maximum absolute atomic E-state index is 10.3. The summed E-state index contributed by atoms with van der Waals surface area (Å²) in [4.78, 5) is 0. The van der Waals surface area contributed by atoms with Gasteiger partial charge in [0.2, 0.25) is 0 Å². The standard InChI is InChI=1S/C36H34O4/c1-33(2,37)17-13-23-21-24(14-18-34(3,4)38)28-11-12-30-26(16-20-36(7,8)40)22-25(15-19-35(5,6)39)29-10-9-27(23)31(28)32(29)30/h9-12,21-22,37-40H,1-8H3.